The van der Waals surface area contributed by atoms with Crippen LogP contribution >= 0.6 is 11.6 Å². The van der Waals surface area contributed by atoms with Gasteiger partial charge in [0.25, 0.3) is 0 Å². The van der Waals surface area contributed by atoms with Gasteiger partial charge >= 0.3 is 0 Å². The maximum absolute atomic E-state index is 12.6. The Morgan fingerprint density at radius 1 is 1.22 bits per heavy atom. The molecular weight excluding hydrogens is 368 g/mol. The number of hydrogen-bond donors (Lipinski definition) is 0. The summed E-state index contributed by atoms with van der Waals surface area (Å²) in [6.07, 6.45) is 1.87. The number of hydrogen-bond acceptors (Lipinski definition) is 6. The normalized spacial score (nSPS) is 15.3. The predicted molar refractivity (Wildman–Crippen MR) is 98.2 cm³/mol. The smallest absolute Gasteiger partial charge is 0.228 e. The van der Waals surface area contributed by atoms with E-state index in [2.05, 4.69) is 15.4 Å². The molecule has 3 heterocycles. The quantitative estimate of drug-likeness (QED) is 0.680. The summed E-state index contributed by atoms with van der Waals surface area (Å²) in [6.45, 7) is 3.13. The van der Waals surface area contributed by atoms with E-state index in [-0.39, 0.29) is 18.2 Å². The molecule has 1 fully saturated rings. The zero-order chi connectivity index (χ0) is 18.8. The van der Waals surface area contributed by atoms with Crippen LogP contribution < -0.4 is 0 Å². The lowest BCUT2D eigenvalue weighted by Gasteiger charge is -2.30. The van der Waals surface area contributed by atoms with Crippen molar-refractivity contribution in [2.45, 2.75) is 32.1 Å². The molecule has 1 amide bonds. The minimum atomic E-state index is 0.0473. The summed E-state index contributed by atoms with van der Waals surface area (Å²) in [7, 11) is 0. The second-order valence-electron chi connectivity index (χ2n) is 6.68. The molecule has 0 unspecified atom stereocenters. The summed E-state index contributed by atoms with van der Waals surface area (Å²) in [6, 6.07) is 9.10. The highest BCUT2D eigenvalue weighted by atomic mass is 35.5. The third-order valence-electron chi connectivity index (χ3n) is 4.76. The predicted octanol–water partition coefficient (Wildman–Crippen LogP) is 3.64. The largest absolute Gasteiger partial charge is 0.425 e. The van der Waals surface area contributed by atoms with Crippen molar-refractivity contribution in [3.05, 3.63) is 52.8 Å². The number of nitrogens with zero attached hydrogens (tertiary/aromatic N) is 4. The molecule has 0 aliphatic carbocycles. The minimum Gasteiger partial charge on any atom is -0.425 e. The third kappa shape index (κ3) is 4.03. The van der Waals surface area contributed by atoms with Crippen LogP contribution in [0.1, 0.15) is 36.2 Å². The molecule has 0 N–H and O–H groups in total. The number of aryl methyl sites for hydroxylation is 1. The van der Waals surface area contributed by atoms with Crippen LogP contribution in [0.3, 0.4) is 0 Å². The van der Waals surface area contributed by atoms with Crippen molar-refractivity contribution in [2.75, 3.05) is 13.1 Å². The lowest BCUT2D eigenvalue weighted by atomic mass is 9.96. The lowest BCUT2D eigenvalue weighted by Crippen LogP contribution is -2.38. The molecule has 0 saturated carbocycles. The number of aromatic nitrogens is 3. The SMILES string of the molecule is Cc1nnc(C2CCN(C(=O)Cc3cc(-c4ccc(Cl)cc4)on3)CC2)o1. The topological polar surface area (TPSA) is 85.3 Å². The van der Waals surface area contributed by atoms with Crippen LogP contribution in [0.5, 0.6) is 0 Å². The van der Waals surface area contributed by atoms with Gasteiger partial charge in [-0.05, 0) is 37.1 Å². The molecule has 0 bridgehead atoms. The van der Waals surface area contributed by atoms with Crippen molar-refractivity contribution in [2.24, 2.45) is 0 Å². The van der Waals surface area contributed by atoms with Gasteiger partial charge < -0.3 is 13.8 Å². The Bertz CT molecular complexity index is 927. The number of amides is 1. The van der Waals surface area contributed by atoms with E-state index in [1.165, 1.54) is 0 Å². The fourth-order valence-electron chi connectivity index (χ4n) is 3.26. The molecular formula is C19H19ClN4O3. The highest BCUT2D eigenvalue weighted by molar-refractivity contribution is 6.30. The maximum Gasteiger partial charge on any atom is 0.228 e. The van der Waals surface area contributed by atoms with Gasteiger partial charge in [0.15, 0.2) is 5.76 Å². The van der Waals surface area contributed by atoms with Gasteiger partial charge in [-0.1, -0.05) is 16.8 Å². The van der Waals surface area contributed by atoms with Gasteiger partial charge in [0.1, 0.15) is 0 Å². The number of rotatable bonds is 4. The summed E-state index contributed by atoms with van der Waals surface area (Å²) >= 11 is 5.90. The summed E-state index contributed by atoms with van der Waals surface area (Å²) in [5.41, 5.74) is 1.50. The fourth-order valence-corrected chi connectivity index (χ4v) is 3.39. The highest BCUT2D eigenvalue weighted by Crippen LogP contribution is 2.27. The highest BCUT2D eigenvalue weighted by Gasteiger charge is 2.27. The van der Waals surface area contributed by atoms with E-state index >= 15 is 0 Å². The molecule has 2 aromatic heterocycles. The summed E-state index contributed by atoms with van der Waals surface area (Å²) in [5, 5.41) is 12.7. The molecule has 7 nitrogen and oxygen atoms in total. The van der Waals surface area contributed by atoms with Gasteiger partial charge in [-0.15, -0.1) is 10.2 Å². The Labute approximate surface area is 161 Å². The third-order valence-corrected chi connectivity index (χ3v) is 5.01. The first-order valence-corrected chi connectivity index (χ1v) is 9.25. The fraction of sp³-hybridized carbons (Fsp3) is 0.368. The van der Waals surface area contributed by atoms with Crippen LogP contribution in [0, 0.1) is 6.92 Å². The van der Waals surface area contributed by atoms with Crippen LogP contribution in [0.2, 0.25) is 5.02 Å². The van der Waals surface area contributed by atoms with Crippen molar-refractivity contribution >= 4 is 17.5 Å². The van der Waals surface area contributed by atoms with Gasteiger partial charge in [0, 0.05) is 42.6 Å². The first kappa shape index (κ1) is 17.7. The van der Waals surface area contributed by atoms with Crippen molar-refractivity contribution in [1.82, 2.24) is 20.3 Å². The van der Waals surface area contributed by atoms with Crippen molar-refractivity contribution in [1.29, 1.82) is 0 Å². The average molecular weight is 387 g/mol. The van der Waals surface area contributed by atoms with Crippen molar-refractivity contribution < 1.29 is 13.7 Å². The van der Waals surface area contributed by atoms with E-state index < -0.39 is 0 Å². The minimum absolute atomic E-state index is 0.0473. The molecule has 0 atom stereocenters. The maximum atomic E-state index is 12.6. The molecule has 1 aliphatic heterocycles. The average Bonchev–Trinajstić information content (AvgIpc) is 3.32. The van der Waals surface area contributed by atoms with E-state index in [0.29, 0.717) is 41.3 Å². The molecule has 4 rings (SSSR count). The Morgan fingerprint density at radius 2 is 1.96 bits per heavy atom. The summed E-state index contributed by atoms with van der Waals surface area (Å²) < 4.78 is 10.9. The van der Waals surface area contributed by atoms with Gasteiger partial charge in [-0.2, -0.15) is 0 Å². The molecule has 27 heavy (non-hydrogen) atoms. The number of benzene rings is 1. The van der Waals surface area contributed by atoms with E-state index in [0.717, 1.165) is 18.4 Å². The van der Waals surface area contributed by atoms with E-state index in [1.54, 1.807) is 25.1 Å². The molecule has 0 spiro atoms. The molecule has 140 valence electrons. The molecule has 3 aromatic rings. The van der Waals surface area contributed by atoms with E-state index in [1.807, 2.05) is 17.0 Å². The zero-order valence-electron chi connectivity index (χ0n) is 14.9. The van der Waals surface area contributed by atoms with E-state index in [9.17, 15) is 4.79 Å². The van der Waals surface area contributed by atoms with Crippen LogP contribution in [0.4, 0.5) is 0 Å². The van der Waals surface area contributed by atoms with Crippen LogP contribution in [0.15, 0.2) is 39.3 Å². The van der Waals surface area contributed by atoms with Gasteiger partial charge in [-0.25, -0.2) is 0 Å². The lowest BCUT2D eigenvalue weighted by molar-refractivity contribution is -0.131. The standard InChI is InChI=1S/C19H19ClN4O3/c1-12-21-22-19(26-12)14-6-8-24(9-7-14)18(25)11-16-10-17(27-23-16)13-2-4-15(20)5-3-13/h2-5,10,14H,6-9,11H2,1H3. The van der Waals surface area contributed by atoms with Crippen LogP contribution in [0.25, 0.3) is 11.3 Å². The Kier molecular flexibility index (Phi) is 4.94. The first-order valence-electron chi connectivity index (χ1n) is 8.88. The summed E-state index contributed by atoms with van der Waals surface area (Å²) in [5.74, 6) is 2.14. The molecule has 1 aliphatic rings. The number of piperidine rings is 1. The van der Waals surface area contributed by atoms with Gasteiger partial charge in [0.2, 0.25) is 17.7 Å². The molecule has 8 heteroatoms. The Morgan fingerprint density at radius 3 is 2.63 bits per heavy atom. The Balaban J connectivity index is 1.34. The number of likely N-dealkylation sites (tertiary alicyclic amines) is 1. The molecule has 1 saturated heterocycles. The zero-order valence-corrected chi connectivity index (χ0v) is 15.6. The number of halogens is 1. The van der Waals surface area contributed by atoms with Gasteiger partial charge in [0.05, 0.1) is 12.1 Å². The first-order chi connectivity index (χ1) is 13.1. The molecule has 0 radical (unpaired) electrons. The van der Waals surface area contributed by atoms with E-state index in [4.69, 9.17) is 20.5 Å². The van der Waals surface area contributed by atoms with Crippen LogP contribution in [-0.4, -0.2) is 39.3 Å². The Hall–Kier alpha value is -2.67. The molecule has 1 aromatic carbocycles. The van der Waals surface area contributed by atoms with Gasteiger partial charge in [-0.3, -0.25) is 4.79 Å². The van der Waals surface area contributed by atoms with Crippen molar-refractivity contribution in [3.63, 3.8) is 0 Å². The second kappa shape index (κ2) is 7.52. The van der Waals surface area contributed by atoms with Crippen LogP contribution in [-0.2, 0) is 11.2 Å². The monoisotopic (exact) mass is 386 g/mol. The van der Waals surface area contributed by atoms with Crippen molar-refractivity contribution in [3.8, 4) is 11.3 Å². The number of carbonyl (C=O) groups excluding carboxylic acids is 1. The number of carbonyl (C=O) groups is 1. The summed E-state index contributed by atoms with van der Waals surface area (Å²) in [4.78, 5) is 14.4. The second-order valence-corrected chi connectivity index (χ2v) is 7.12.